The van der Waals surface area contributed by atoms with Crippen LogP contribution in [0.25, 0.3) is 11.3 Å². The molecule has 2 heterocycles. The van der Waals surface area contributed by atoms with Gasteiger partial charge in [-0.1, -0.05) is 0 Å². The number of aryl methyl sites for hydroxylation is 1. The Labute approximate surface area is 122 Å². The van der Waals surface area contributed by atoms with Crippen LogP contribution < -0.4 is 5.32 Å². The van der Waals surface area contributed by atoms with Crippen molar-refractivity contribution in [1.82, 2.24) is 20.1 Å². The molecule has 0 radical (unpaired) electrons. The standard InChI is InChI=1S/C14H18N4O3/c1-18-9-11(7-17-18)12-5-4-10(6-15-12)14(19)16-8-13(20-2)21-3/h4-7,9,13H,8H2,1-3H3,(H,16,19). The third-order valence-electron chi connectivity index (χ3n) is 2.98. The number of aromatic nitrogens is 3. The van der Waals surface area contributed by atoms with Crippen molar-refractivity contribution >= 4 is 5.91 Å². The Morgan fingerprint density at radius 1 is 1.33 bits per heavy atom. The molecular weight excluding hydrogens is 272 g/mol. The third-order valence-corrected chi connectivity index (χ3v) is 2.98. The van der Waals surface area contributed by atoms with E-state index in [1.165, 1.54) is 20.4 Å². The first-order valence-electron chi connectivity index (χ1n) is 6.43. The van der Waals surface area contributed by atoms with Crippen LogP contribution in [0.15, 0.2) is 30.7 Å². The van der Waals surface area contributed by atoms with Crippen molar-refractivity contribution < 1.29 is 14.3 Å². The second-order valence-electron chi connectivity index (χ2n) is 4.45. The van der Waals surface area contributed by atoms with E-state index in [0.717, 1.165) is 11.3 Å². The van der Waals surface area contributed by atoms with Gasteiger partial charge in [0, 0.05) is 39.2 Å². The molecule has 7 nitrogen and oxygen atoms in total. The molecule has 2 aromatic rings. The van der Waals surface area contributed by atoms with Crippen LogP contribution in [-0.2, 0) is 16.5 Å². The average Bonchev–Trinajstić information content (AvgIpc) is 2.95. The number of ether oxygens (including phenoxy) is 2. The summed E-state index contributed by atoms with van der Waals surface area (Å²) in [6, 6.07) is 3.51. The molecule has 0 saturated heterocycles. The van der Waals surface area contributed by atoms with E-state index in [0.29, 0.717) is 5.56 Å². The van der Waals surface area contributed by atoms with Crippen molar-refractivity contribution in [3.05, 3.63) is 36.3 Å². The van der Waals surface area contributed by atoms with Gasteiger partial charge in [0.15, 0.2) is 6.29 Å². The van der Waals surface area contributed by atoms with E-state index in [4.69, 9.17) is 9.47 Å². The van der Waals surface area contributed by atoms with Crippen molar-refractivity contribution in [3.8, 4) is 11.3 Å². The Kier molecular flexibility index (Phi) is 5.02. The number of carbonyl (C=O) groups excluding carboxylic acids is 1. The van der Waals surface area contributed by atoms with Gasteiger partial charge in [-0.15, -0.1) is 0 Å². The van der Waals surface area contributed by atoms with Gasteiger partial charge in [-0.25, -0.2) is 0 Å². The topological polar surface area (TPSA) is 78.3 Å². The van der Waals surface area contributed by atoms with Crippen LogP contribution in [-0.4, -0.2) is 47.7 Å². The van der Waals surface area contributed by atoms with E-state index in [1.54, 1.807) is 23.0 Å². The maximum Gasteiger partial charge on any atom is 0.253 e. The van der Waals surface area contributed by atoms with Gasteiger partial charge in [0.1, 0.15) is 0 Å². The molecule has 0 spiro atoms. The van der Waals surface area contributed by atoms with Crippen LogP contribution in [0.3, 0.4) is 0 Å². The SMILES string of the molecule is COC(CNC(=O)c1ccc(-c2cnn(C)c2)nc1)OC. The molecule has 0 aliphatic carbocycles. The van der Waals surface area contributed by atoms with Gasteiger partial charge in [0.25, 0.3) is 5.91 Å². The molecule has 0 aliphatic rings. The first kappa shape index (κ1) is 15.1. The molecule has 1 N–H and O–H groups in total. The van der Waals surface area contributed by atoms with Crippen molar-refractivity contribution in [1.29, 1.82) is 0 Å². The molecule has 112 valence electrons. The number of pyridine rings is 1. The lowest BCUT2D eigenvalue weighted by Crippen LogP contribution is -2.34. The number of methoxy groups -OCH3 is 2. The quantitative estimate of drug-likeness (QED) is 0.797. The minimum Gasteiger partial charge on any atom is -0.354 e. The fourth-order valence-corrected chi connectivity index (χ4v) is 1.79. The van der Waals surface area contributed by atoms with Crippen LogP contribution in [0.4, 0.5) is 0 Å². The molecular formula is C14H18N4O3. The van der Waals surface area contributed by atoms with Crippen molar-refractivity contribution in [2.75, 3.05) is 20.8 Å². The van der Waals surface area contributed by atoms with Gasteiger partial charge < -0.3 is 14.8 Å². The molecule has 0 saturated carbocycles. The molecule has 0 fully saturated rings. The molecule has 1 amide bonds. The molecule has 7 heteroatoms. The molecule has 2 rings (SSSR count). The summed E-state index contributed by atoms with van der Waals surface area (Å²) in [6.45, 7) is 0.274. The first-order valence-corrected chi connectivity index (χ1v) is 6.43. The molecule has 2 aromatic heterocycles. The van der Waals surface area contributed by atoms with Crippen LogP contribution >= 0.6 is 0 Å². The number of nitrogens with one attached hydrogen (secondary N) is 1. The maximum atomic E-state index is 12.0. The molecule has 0 bridgehead atoms. The van der Waals surface area contributed by atoms with Gasteiger partial charge >= 0.3 is 0 Å². The van der Waals surface area contributed by atoms with Crippen molar-refractivity contribution in [3.63, 3.8) is 0 Å². The number of hydrogen-bond acceptors (Lipinski definition) is 5. The predicted molar refractivity (Wildman–Crippen MR) is 76.6 cm³/mol. The summed E-state index contributed by atoms with van der Waals surface area (Å²) in [5, 5.41) is 6.81. The average molecular weight is 290 g/mol. The largest absolute Gasteiger partial charge is 0.354 e. The highest BCUT2D eigenvalue weighted by atomic mass is 16.7. The fraction of sp³-hybridized carbons (Fsp3) is 0.357. The summed E-state index contributed by atoms with van der Waals surface area (Å²) in [5.41, 5.74) is 2.16. The van der Waals surface area contributed by atoms with Crippen molar-refractivity contribution in [2.45, 2.75) is 6.29 Å². The van der Waals surface area contributed by atoms with Crippen LogP contribution in [0.2, 0.25) is 0 Å². The van der Waals surface area contributed by atoms with E-state index < -0.39 is 6.29 Å². The van der Waals surface area contributed by atoms with E-state index in [9.17, 15) is 4.79 Å². The highest BCUT2D eigenvalue weighted by Crippen LogP contribution is 2.15. The molecule has 0 atom stereocenters. The minimum atomic E-state index is -0.462. The zero-order valence-corrected chi connectivity index (χ0v) is 12.2. The number of nitrogens with zero attached hydrogens (tertiary/aromatic N) is 3. The van der Waals surface area contributed by atoms with Gasteiger partial charge in [0.2, 0.25) is 0 Å². The summed E-state index contributed by atoms with van der Waals surface area (Å²) in [4.78, 5) is 16.2. The summed E-state index contributed by atoms with van der Waals surface area (Å²) >= 11 is 0. The van der Waals surface area contributed by atoms with E-state index in [1.807, 2.05) is 13.2 Å². The Balaban J connectivity index is 2.00. The van der Waals surface area contributed by atoms with E-state index in [-0.39, 0.29) is 12.5 Å². The zero-order chi connectivity index (χ0) is 15.2. The molecule has 0 aromatic carbocycles. The number of hydrogen-bond donors (Lipinski definition) is 1. The molecule has 21 heavy (non-hydrogen) atoms. The van der Waals surface area contributed by atoms with E-state index in [2.05, 4.69) is 15.4 Å². The zero-order valence-electron chi connectivity index (χ0n) is 12.2. The van der Waals surface area contributed by atoms with Gasteiger partial charge in [-0.05, 0) is 12.1 Å². The maximum absolute atomic E-state index is 12.0. The highest BCUT2D eigenvalue weighted by molar-refractivity contribution is 5.94. The van der Waals surface area contributed by atoms with Crippen molar-refractivity contribution in [2.24, 2.45) is 7.05 Å². The normalized spacial score (nSPS) is 10.9. The smallest absolute Gasteiger partial charge is 0.253 e. The van der Waals surface area contributed by atoms with E-state index >= 15 is 0 Å². The van der Waals surface area contributed by atoms with Gasteiger partial charge in [-0.2, -0.15) is 5.10 Å². The minimum absolute atomic E-state index is 0.223. The number of amides is 1. The second kappa shape index (κ2) is 6.96. The van der Waals surface area contributed by atoms with Gasteiger partial charge in [0.05, 0.1) is 24.0 Å². The Bertz CT molecular complexity index is 591. The van der Waals surface area contributed by atoms with Gasteiger partial charge in [-0.3, -0.25) is 14.5 Å². The number of rotatable bonds is 6. The number of carbonyl (C=O) groups is 1. The molecule has 0 unspecified atom stereocenters. The lowest BCUT2D eigenvalue weighted by molar-refractivity contribution is -0.0974. The van der Waals surface area contributed by atoms with Crippen LogP contribution in [0.5, 0.6) is 0 Å². The highest BCUT2D eigenvalue weighted by Gasteiger charge is 2.10. The third kappa shape index (κ3) is 3.87. The Morgan fingerprint density at radius 3 is 2.62 bits per heavy atom. The molecule has 0 aliphatic heterocycles. The lowest BCUT2D eigenvalue weighted by Gasteiger charge is -2.13. The lowest BCUT2D eigenvalue weighted by atomic mass is 10.2. The summed E-state index contributed by atoms with van der Waals surface area (Å²) in [7, 11) is 4.88. The summed E-state index contributed by atoms with van der Waals surface area (Å²) in [6.07, 6.45) is 4.66. The van der Waals surface area contributed by atoms with Crippen LogP contribution in [0, 0.1) is 0 Å². The monoisotopic (exact) mass is 290 g/mol. The summed E-state index contributed by atoms with van der Waals surface area (Å²) < 4.78 is 11.7. The predicted octanol–water partition coefficient (Wildman–Crippen LogP) is 0.831. The van der Waals surface area contributed by atoms with Crippen LogP contribution in [0.1, 0.15) is 10.4 Å². The Morgan fingerprint density at radius 2 is 2.10 bits per heavy atom. The Hall–Kier alpha value is -2.25. The first-order chi connectivity index (χ1) is 10.1. The fourth-order valence-electron chi connectivity index (χ4n) is 1.79. The summed E-state index contributed by atoms with van der Waals surface area (Å²) in [5.74, 6) is -0.223. The second-order valence-corrected chi connectivity index (χ2v) is 4.45.